The van der Waals surface area contributed by atoms with Crippen LogP contribution in [0.2, 0.25) is 0 Å². The van der Waals surface area contributed by atoms with Gasteiger partial charge >= 0.3 is 0 Å². The summed E-state index contributed by atoms with van der Waals surface area (Å²) in [7, 11) is 0. The minimum Gasteiger partial charge on any atom is -0.346 e. The van der Waals surface area contributed by atoms with E-state index in [1.807, 2.05) is 18.3 Å². The maximum atomic E-state index is 11.1. The molecule has 0 amide bonds. The molecular formula is C15H14N2O. The second-order valence-corrected chi connectivity index (χ2v) is 5.00. The normalized spacial score (nSPS) is 15.3. The quantitative estimate of drug-likeness (QED) is 0.771. The number of nitrogens with zero attached hydrogens (tertiary/aromatic N) is 2. The molecule has 1 aromatic carbocycles. The topological polar surface area (TPSA) is 45.8 Å². The smallest absolute Gasteiger partial charge is 0.152 e. The molecule has 2 aromatic rings. The molecule has 0 unspecified atom stereocenters. The van der Waals surface area contributed by atoms with Crippen LogP contribution >= 0.6 is 0 Å². The molecule has 18 heavy (non-hydrogen) atoms. The van der Waals surface area contributed by atoms with Crippen LogP contribution in [-0.4, -0.2) is 10.9 Å². The number of aromatic nitrogens is 1. The van der Waals surface area contributed by atoms with Crippen LogP contribution in [0.4, 0.5) is 0 Å². The molecule has 0 aliphatic heterocycles. The molecule has 1 saturated carbocycles. The van der Waals surface area contributed by atoms with E-state index < -0.39 is 0 Å². The molecule has 1 fully saturated rings. The molecule has 3 heteroatoms. The van der Waals surface area contributed by atoms with Crippen LogP contribution < -0.4 is 0 Å². The zero-order chi connectivity index (χ0) is 12.5. The van der Waals surface area contributed by atoms with E-state index in [-0.39, 0.29) is 0 Å². The van der Waals surface area contributed by atoms with Gasteiger partial charge in [0, 0.05) is 29.2 Å². The minimum atomic E-state index is 0.604. The van der Waals surface area contributed by atoms with Crippen LogP contribution in [0.25, 0.3) is 10.9 Å². The first-order valence-corrected chi connectivity index (χ1v) is 6.30. The van der Waals surface area contributed by atoms with Gasteiger partial charge in [0.2, 0.25) is 0 Å². The highest BCUT2D eigenvalue weighted by Gasteiger charge is 2.19. The van der Waals surface area contributed by atoms with Crippen molar-refractivity contribution in [1.82, 2.24) is 4.57 Å². The van der Waals surface area contributed by atoms with Gasteiger partial charge in [0.15, 0.2) is 6.29 Å². The Kier molecular flexibility index (Phi) is 2.64. The highest BCUT2D eigenvalue weighted by atomic mass is 16.1. The van der Waals surface area contributed by atoms with E-state index in [0.29, 0.717) is 11.1 Å². The standard InChI is InChI=1S/C15H14N2O/c16-7-12-4-5-15-14(6-12)13(10-18)9-17(15)8-11-2-1-3-11/h4-6,9-11H,1-3,8H2. The molecule has 3 nitrogen and oxygen atoms in total. The third kappa shape index (κ3) is 1.70. The fraction of sp³-hybridized carbons (Fsp3) is 0.333. The zero-order valence-corrected chi connectivity index (χ0v) is 10.1. The number of rotatable bonds is 3. The van der Waals surface area contributed by atoms with Gasteiger partial charge in [-0.3, -0.25) is 4.79 Å². The number of carbonyl (C=O) groups is 1. The molecular weight excluding hydrogens is 224 g/mol. The monoisotopic (exact) mass is 238 g/mol. The van der Waals surface area contributed by atoms with Crippen molar-refractivity contribution in [2.24, 2.45) is 5.92 Å². The summed E-state index contributed by atoms with van der Waals surface area (Å²) in [5.41, 5.74) is 2.34. The number of fused-ring (bicyclic) bond motifs is 1. The minimum absolute atomic E-state index is 0.604. The van der Waals surface area contributed by atoms with Crippen LogP contribution in [0.1, 0.15) is 35.2 Å². The van der Waals surface area contributed by atoms with E-state index in [9.17, 15) is 4.79 Å². The van der Waals surface area contributed by atoms with Gasteiger partial charge in [0.25, 0.3) is 0 Å². The third-order valence-corrected chi connectivity index (χ3v) is 3.85. The van der Waals surface area contributed by atoms with Crippen LogP contribution in [0.15, 0.2) is 24.4 Å². The summed E-state index contributed by atoms with van der Waals surface area (Å²) in [6, 6.07) is 7.68. The first kappa shape index (κ1) is 11.0. The molecule has 1 aliphatic rings. The van der Waals surface area contributed by atoms with E-state index in [4.69, 9.17) is 5.26 Å². The lowest BCUT2D eigenvalue weighted by atomic mass is 9.85. The zero-order valence-electron chi connectivity index (χ0n) is 10.1. The van der Waals surface area contributed by atoms with Crippen LogP contribution in [0.5, 0.6) is 0 Å². The second-order valence-electron chi connectivity index (χ2n) is 5.00. The summed E-state index contributed by atoms with van der Waals surface area (Å²) in [6.07, 6.45) is 6.68. The highest BCUT2D eigenvalue weighted by Crippen LogP contribution is 2.30. The lowest BCUT2D eigenvalue weighted by molar-refractivity contribution is 0.112. The highest BCUT2D eigenvalue weighted by molar-refractivity contribution is 5.98. The Balaban J connectivity index is 2.09. The molecule has 0 radical (unpaired) electrons. The molecule has 3 rings (SSSR count). The lowest BCUT2D eigenvalue weighted by Gasteiger charge is -2.26. The number of hydrogen-bond donors (Lipinski definition) is 0. The van der Waals surface area contributed by atoms with Crippen LogP contribution in [0.3, 0.4) is 0 Å². The summed E-state index contributed by atoms with van der Waals surface area (Å²) in [4.78, 5) is 11.1. The predicted molar refractivity (Wildman–Crippen MR) is 69.4 cm³/mol. The molecule has 0 atom stereocenters. The van der Waals surface area contributed by atoms with Crippen molar-refractivity contribution in [2.75, 3.05) is 0 Å². The fourth-order valence-corrected chi connectivity index (χ4v) is 2.59. The average Bonchev–Trinajstić information content (AvgIpc) is 2.71. The first-order valence-electron chi connectivity index (χ1n) is 6.30. The van der Waals surface area contributed by atoms with Gasteiger partial charge in [0.05, 0.1) is 11.6 Å². The van der Waals surface area contributed by atoms with E-state index in [1.165, 1.54) is 19.3 Å². The van der Waals surface area contributed by atoms with Crippen molar-refractivity contribution in [3.05, 3.63) is 35.5 Å². The van der Waals surface area contributed by atoms with Gasteiger partial charge in [-0.15, -0.1) is 0 Å². The Morgan fingerprint density at radius 1 is 1.44 bits per heavy atom. The third-order valence-electron chi connectivity index (χ3n) is 3.85. The summed E-state index contributed by atoms with van der Waals surface area (Å²) in [6.45, 7) is 0.982. The van der Waals surface area contributed by atoms with Gasteiger partial charge in [-0.2, -0.15) is 5.26 Å². The number of hydrogen-bond acceptors (Lipinski definition) is 2. The van der Waals surface area contributed by atoms with E-state index in [0.717, 1.165) is 29.7 Å². The van der Waals surface area contributed by atoms with E-state index in [1.54, 1.807) is 6.07 Å². The summed E-state index contributed by atoms with van der Waals surface area (Å²) in [5.74, 6) is 0.746. The van der Waals surface area contributed by atoms with Crippen molar-refractivity contribution < 1.29 is 4.79 Å². The molecule has 1 heterocycles. The molecule has 0 saturated heterocycles. The maximum absolute atomic E-state index is 11.1. The van der Waals surface area contributed by atoms with E-state index >= 15 is 0 Å². The maximum Gasteiger partial charge on any atom is 0.152 e. The Hall–Kier alpha value is -2.08. The predicted octanol–water partition coefficient (Wildman–Crippen LogP) is 3.13. The summed E-state index contributed by atoms with van der Waals surface area (Å²) >= 11 is 0. The largest absolute Gasteiger partial charge is 0.346 e. The fourth-order valence-electron chi connectivity index (χ4n) is 2.59. The molecule has 0 N–H and O–H groups in total. The van der Waals surface area contributed by atoms with Gasteiger partial charge in [-0.25, -0.2) is 0 Å². The number of aldehydes is 1. The van der Waals surface area contributed by atoms with Gasteiger partial charge in [-0.05, 0) is 37.0 Å². The number of benzene rings is 1. The Labute approximate surface area is 106 Å². The average molecular weight is 238 g/mol. The Morgan fingerprint density at radius 3 is 2.89 bits per heavy atom. The van der Waals surface area contributed by atoms with Crippen molar-refractivity contribution >= 4 is 17.2 Å². The second kappa shape index (κ2) is 4.30. The molecule has 0 bridgehead atoms. The molecule has 0 spiro atoms. The van der Waals surface area contributed by atoms with Crippen molar-refractivity contribution in [3.63, 3.8) is 0 Å². The summed E-state index contributed by atoms with van der Waals surface area (Å²) in [5, 5.41) is 9.81. The first-order chi connectivity index (χ1) is 8.81. The van der Waals surface area contributed by atoms with Crippen LogP contribution in [-0.2, 0) is 6.54 Å². The molecule has 1 aliphatic carbocycles. The van der Waals surface area contributed by atoms with Crippen molar-refractivity contribution in [2.45, 2.75) is 25.8 Å². The molecule has 90 valence electrons. The number of carbonyl (C=O) groups excluding carboxylic acids is 1. The van der Waals surface area contributed by atoms with E-state index in [2.05, 4.69) is 10.6 Å². The van der Waals surface area contributed by atoms with Crippen LogP contribution in [0, 0.1) is 17.2 Å². The number of nitriles is 1. The SMILES string of the molecule is N#Cc1ccc2c(c1)c(C=O)cn2CC1CCC1. The van der Waals surface area contributed by atoms with Crippen molar-refractivity contribution in [3.8, 4) is 6.07 Å². The van der Waals surface area contributed by atoms with Gasteiger partial charge < -0.3 is 4.57 Å². The summed E-state index contributed by atoms with van der Waals surface area (Å²) < 4.78 is 2.16. The molecule has 1 aromatic heterocycles. The Morgan fingerprint density at radius 2 is 2.28 bits per heavy atom. The van der Waals surface area contributed by atoms with Crippen molar-refractivity contribution in [1.29, 1.82) is 5.26 Å². The van der Waals surface area contributed by atoms with Gasteiger partial charge in [0.1, 0.15) is 0 Å². The Bertz CT molecular complexity index is 644. The lowest BCUT2D eigenvalue weighted by Crippen LogP contribution is -2.17. The van der Waals surface area contributed by atoms with Gasteiger partial charge in [-0.1, -0.05) is 6.42 Å².